The number of nitrogens with one attached hydrogen (secondary N) is 1. The van der Waals surface area contributed by atoms with Gasteiger partial charge in [0.15, 0.2) is 5.82 Å². The third kappa shape index (κ3) is 3.96. The number of benzene rings is 1. The average Bonchev–Trinajstić information content (AvgIpc) is 2.79. The summed E-state index contributed by atoms with van der Waals surface area (Å²) in [7, 11) is -3.70. The summed E-state index contributed by atoms with van der Waals surface area (Å²) in [5.74, 6) is 0.00189. The Hall–Kier alpha value is -1.57. The van der Waals surface area contributed by atoms with Crippen LogP contribution >= 0.6 is 11.6 Å². The van der Waals surface area contributed by atoms with Gasteiger partial charge in [-0.3, -0.25) is 4.68 Å². The number of hydrogen-bond acceptors (Lipinski definition) is 4. The van der Waals surface area contributed by atoms with Gasteiger partial charge in [-0.15, -0.1) is 0 Å². The third-order valence-corrected chi connectivity index (χ3v) is 4.51. The summed E-state index contributed by atoms with van der Waals surface area (Å²) in [6.07, 6.45) is 2.29. The molecule has 0 saturated heterocycles. The van der Waals surface area contributed by atoms with E-state index in [0.29, 0.717) is 11.6 Å². The molecule has 0 bridgehead atoms. The summed E-state index contributed by atoms with van der Waals surface area (Å²) in [5.41, 5.74) is 6.45. The van der Waals surface area contributed by atoms with Crippen molar-refractivity contribution in [3.05, 3.63) is 41.0 Å². The van der Waals surface area contributed by atoms with E-state index in [2.05, 4.69) is 9.82 Å². The van der Waals surface area contributed by atoms with Crippen molar-refractivity contribution in [2.45, 2.75) is 31.3 Å². The molecule has 0 fully saturated rings. The van der Waals surface area contributed by atoms with Crippen LogP contribution in [-0.2, 0) is 23.1 Å². The zero-order valence-electron chi connectivity index (χ0n) is 11.6. The molecule has 0 saturated carbocycles. The minimum atomic E-state index is -3.70. The maximum absolute atomic E-state index is 12.3. The fourth-order valence-electron chi connectivity index (χ4n) is 1.87. The van der Waals surface area contributed by atoms with Crippen molar-refractivity contribution < 1.29 is 8.42 Å². The Kier molecular flexibility index (Phi) is 4.87. The largest absolute Gasteiger partial charge is 0.381 e. The van der Waals surface area contributed by atoms with Crippen LogP contribution in [0.3, 0.4) is 0 Å². The third-order valence-electron chi connectivity index (χ3n) is 2.85. The standard InChI is InChI=1S/C13H17ClN4O2S/c1-2-6-18-9-12(13(15)17-18)21(19,20)16-8-10-4-3-5-11(14)7-10/h3-5,7,9,16H,2,6,8H2,1H3,(H2,15,17). The van der Waals surface area contributed by atoms with Crippen molar-refractivity contribution >= 4 is 27.4 Å². The molecule has 0 aliphatic carbocycles. The van der Waals surface area contributed by atoms with E-state index in [9.17, 15) is 8.42 Å². The Morgan fingerprint density at radius 2 is 2.19 bits per heavy atom. The van der Waals surface area contributed by atoms with Crippen LogP contribution in [0.4, 0.5) is 5.82 Å². The second-order valence-electron chi connectivity index (χ2n) is 4.60. The normalized spacial score (nSPS) is 11.7. The fraction of sp³-hybridized carbons (Fsp3) is 0.308. The van der Waals surface area contributed by atoms with Crippen molar-refractivity contribution in [2.24, 2.45) is 0 Å². The SMILES string of the molecule is CCCn1cc(S(=O)(=O)NCc2cccc(Cl)c2)c(N)n1. The van der Waals surface area contributed by atoms with Crippen molar-refractivity contribution in [1.82, 2.24) is 14.5 Å². The lowest BCUT2D eigenvalue weighted by Crippen LogP contribution is -2.23. The highest BCUT2D eigenvalue weighted by Gasteiger charge is 2.20. The average molecular weight is 329 g/mol. The number of aryl methyl sites for hydroxylation is 1. The second-order valence-corrected chi connectivity index (χ2v) is 6.77. The molecule has 114 valence electrons. The Bertz CT molecular complexity index is 728. The summed E-state index contributed by atoms with van der Waals surface area (Å²) < 4.78 is 28.5. The molecule has 0 radical (unpaired) electrons. The number of aromatic nitrogens is 2. The highest BCUT2D eigenvalue weighted by atomic mass is 35.5. The first-order valence-corrected chi connectivity index (χ1v) is 8.35. The van der Waals surface area contributed by atoms with Gasteiger partial charge in [0.2, 0.25) is 10.0 Å². The van der Waals surface area contributed by atoms with Gasteiger partial charge in [-0.2, -0.15) is 5.10 Å². The number of anilines is 1. The predicted octanol–water partition coefficient (Wildman–Crippen LogP) is 2.01. The molecule has 3 N–H and O–H groups in total. The van der Waals surface area contributed by atoms with Crippen LogP contribution in [0.1, 0.15) is 18.9 Å². The van der Waals surface area contributed by atoms with Crippen LogP contribution in [0.15, 0.2) is 35.4 Å². The minimum Gasteiger partial charge on any atom is -0.381 e. The van der Waals surface area contributed by atoms with Gasteiger partial charge in [-0.25, -0.2) is 13.1 Å². The molecule has 2 aromatic rings. The lowest BCUT2D eigenvalue weighted by Gasteiger charge is -2.05. The molecule has 0 unspecified atom stereocenters. The summed E-state index contributed by atoms with van der Waals surface area (Å²) in [4.78, 5) is -0.00187. The molecule has 21 heavy (non-hydrogen) atoms. The number of nitrogens with zero attached hydrogens (tertiary/aromatic N) is 2. The molecule has 1 aromatic heterocycles. The molecule has 1 heterocycles. The number of rotatable bonds is 6. The quantitative estimate of drug-likeness (QED) is 0.848. The van der Waals surface area contributed by atoms with Gasteiger partial charge in [-0.1, -0.05) is 30.7 Å². The van der Waals surface area contributed by atoms with E-state index in [-0.39, 0.29) is 17.3 Å². The Morgan fingerprint density at radius 3 is 2.86 bits per heavy atom. The Labute approximate surface area is 129 Å². The van der Waals surface area contributed by atoms with Gasteiger partial charge in [-0.05, 0) is 24.1 Å². The van der Waals surface area contributed by atoms with Crippen LogP contribution in [0, 0.1) is 0 Å². The fourth-order valence-corrected chi connectivity index (χ4v) is 3.17. The molecule has 0 aliphatic heterocycles. The maximum atomic E-state index is 12.3. The van der Waals surface area contributed by atoms with Gasteiger partial charge < -0.3 is 5.73 Å². The van der Waals surface area contributed by atoms with Crippen LogP contribution in [0.25, 0.3) is 0 Å². The van der Waals surface area contributed by atoms with Crippen LogP contribution in [-0.4, -0.2) is 18.2 Å². The summed E-state index contributed by atoms with van der Waals surface area (Å²) in [6.45, 7) is 2.73. The number of halogens is 1. The monoisotopic (exact) mass is 328 g/mol. The zero-order valence-corrected chi connectivity index (χ0v) is 13.2. The molecule has 0 spiro atoms. The molecule has 0 aliphatic rings. The smallest absolute Gasteiger partial charge is 0.246 e. The van der Waals surface area contributed by atoms with Gasteiger partial charge in [0, 0.05) is 24.3 Å². The molecule has 0 atom stereocenters. The van der Waals surface area contributed by atoms with E-state index in [1.54, 1.807) is 24.3 Å². The van der Waals surface area contributed by atoms with Gasteiger partial charge in [0.1, 0.15) is 4.90 Å². The molecule has 1 aromatic carbocycles. The van der Waals surface area contributed by atoms with Gasteiger partial charge in [0.25, 0.3) is 0 Å². The van der Waals surface area contributed by atoms with Crippen molar-refractivity contribution in [1.29, 1.82) is 0 Å². The molecule has 8 heteroatoms. The zero-order chi connectivity index (χ0) is 15.5. The topological polar surface area (TPSA) is 90.0 Å². The lowest BCUT2D eigenvalue weighted by atomic mass is 10.2. The number of nitrogens with two attached hydrogens (primary N) is 1. The molecular formula is C13H17ClN4O2S. The molecule has 2 rings (SSSR count). The first-order valence-electron chi connectivity index (χ1n) is 6.49. The Morgan fingerprint density at radius 1 is 1.43 bits per heavy atom. The predicted molar refractivity (Wildman–Crippen MR) is 82.4 cm³/mol. The van der Waals surface area contributed by atoms with Crippen molar-refractivity contribution in [3.8, 4) is 0 Å². The lowest BCUT2D eigenvalue weighted by molar-refractivity contribution is 0.579. The maximum Gasteiger partial charge on any atom is 0.246 e. The van der Waals surface area contributed by atoms with E-state index < -0.39 is 10.0 Å². The van der Waals surface area contributed by atoms with E-state index >= 15 is 0 Å². The number of sulfonamides is 1. The molecule has 0 amide bonds. The summed E-state index contributed by atoms with van der Waals surface area (Å²) >= 11 is 5.86. The number of hydrogen-bond donors (Lipinski definition) is 2. The summed E-state index contributed by atoms with van der Waals surface area (Å²) in [6, 6.07) is 6.98. The van der Waals surface area contributed by atoms with E-state index in [1.807, 2.05) is 6.92 Å². The molecule has 6 nitrogen and oxygen atoms in total. The van der Waals surface area contributed by atoms with Crippen LogP contribution in [0.5, 0.6) is 0 Å². The summed E-state index contributed by atoms with van der Waals surface area (Å²) in [5, 5.41) is 4.55. The molecular weight excluding hydrogens is 312 g/mol. The van der Waals surface area contributed by atoms with Crippen LogP contribution < -0.4 is 10.5 Å². The number of nitrogen functional groups attached to an aromatic ring is 1. The van der Waals surface area contributed by atoms with Gasteiger partial charge >= 0.3 is 0 Å². The van der Waals surface area contributed by atoms with Crippen LogP contribution in [0.2, 0.25) is 5.02 Å². The van der Waals surface area contributed by atoms with Crippen molar-refractivity contribution in [3.63, 3.8) is 0 Å². The van der Waals surface area contributed by atoms with Gasteiger partial charge in [0.05, 0.1) is 0 Å². The van der Waals surface area contributed by atoms with Crippen molar-refractivity contribution in [2.75, 3.05) is 5.73 Å². The first kappa shape index (κ1) is 15.8. The minimum absolute atomic E-state index is 0.00187. The van der Waals surface area contributed by atoms with E-state index in [0.717, 1.165) is 12.0 Å². The van der Waals surface area contributed by atoms with E-state index in [1.165, 1.54) is 10.9 Å². The first-order chi connectivity index (χ1) is 9.92. The second kappa shape index (κ2) is 6.46. The van der Waals surface area contributed by atoms with E-state index in [4.69, 9.17) is 17.3 Å². The highest BCUT2D eigenvalue weighted by molar-refractivity contribution is 7.89. The highest BCUT2D eigenvalue weighted by Crippen LogP contribution is 2.17. The Balaban J connectivity index is 2.15.